The summed E-state index contributed by atoms with van der Waals surface area (Å²) in [6.07, 6.45) is 0.307. The summed E-state index contributed by atoms with van der Waals surface area (Å²) in [5.41, 5.74) is 3.67. The molecule has 2 aliphatic heterocycles. The minimum Gasteiger partial charge on any atom is -0.495 e. The number of nitrogens with one attached hydrogen (secondary N) is 3. The number of amides is 3. The summed E-state index contributed by atoms with van der Waals surface area (Å²) in [5, 5.41) is 8.66. The monoisotopic (exact) mass is 630 g/mol. The van der Waals surface area contributed by atoms with Gasteiger partial charge in [0.2, 0.25) is 17.7 Å². The van der Waals surface area contributed by atoms with Gasteiger partial charge in [-0.05, 0) is 53.8 Å². The fourth-order valence-electron chi connectivity index (χ4n) is 6.39. The van der Waals surface area contributed by atoms with Crippen molar-refractivity contribution in [2.45, 2.75) is 50.6 Å². The predicted octanol–water partition coefficient (Wildman–Crippen LogP) is 5.77. The topological polar surface area (TPSA) is 123 Å². The van der Waals surface area contributed by atoms with Gasteiger partial charge < -0.3 is 26.4 Å². The van der Waals surface area contributed by atoms with Crippen molar-refractivity contribution in [3.8, 4) is 5.75 Å². The Morgan fingerprint density at radius 3 is 2.49 bits per heavy atom. The lowest BCUT2D eigenvalue weighted by Gasteiger charge is -2.37. The molecule has 43 heavy (non-hydrogen) atoms. The van der Waals surface area contributed by atoms with Crippen LogP contribution in [0.4, 0.5) is 20.2 Å². The Balaban J connectivity index is 1.73. The summed E-state index contributed by atoms with van der Waals surface area (Å²) in [6, 6.07) is 8.99. The molecule has 8 nitrogen and oxygen atoms in total. The largest absolute Gasteiger partial charge is 0.495 e. The van der Waals surface area contributed by atoms with Crippen molar-refractivity contribution < 1.29 is 27.9 Å². The van der Waals surface area contributed by atoms with Crippen LogP contribution in [0, 0.1) is 17.0 Å². The zero-order valence-electron chi connectivity index (χ0n) is 23.8. The zero-order chi connectivity index (χ0) is 31.4. The number of carbonyl (C=O) groups is 3. The normalized spacial score (nSPS) is 22.8. The first-order valence-corrected chi connectivity index (χ1v) is 14.2. The molecule has 0 radical (unpaired) electrons. The van der Waals surface area contributed by atoms with E-state index in [-0.39, 0.29) is 43.9 Å². The van der Waals surface area contributed by atoms with E-state index in [1.807, 2.05) is 20.8 Å². The first-order valence-electron chi connectivity index (χ1n) is 13.5. The minimum absolute atomic E-state index is 0.00767. The van der Waals surface area contributed by atoms with Gasteiger partial charge in [0.1, 0.15) is 22.8 Å². The number of carbonyl (C=O) groups excluding carboxylic acids is 3. The van der Waals surface area contributed by atoms with E-state index in [1.54, 1.807) is 0 Å². The Morgan fingerprint density at radius 2 is 1.84 bits per heavy atom. The summed E-state index contributed by atoms with van der Waals surface area (Å²) in [7, 11) is 1.36. The van der Waals surface area contributed by atoms with E-state index in [1.165, 1.54) is 49.6 Å². The number of primary amides is 1. The second-order valence-corrected chi connectivity index (χ2v) is 12.8. The van der Waals surface area contributed by atoms with Crippen molar-refractivity contribution in [3.05, 3.63) is 86.9 Å². The number of ether oxygens (including phenoxy) is 1. The molecule has 0 aliphatic carbocycles. The predicted molar refractivity (Wildman–Crippen MR) is 161 cm³/mol. The molecule has 4 atom stereocenters. The smallest absolute Gasteiger partial charge is 0.248 e. The quantitative estimate of drug-likeness (QED) is 0.275. The number of nitrogens with two attached hydrogens (primary N) is 1. The highest BCUT2D eigenvalue weighted by atomic mass is 35.5. The summed E-state index contributed by atoms with van der Waals surface area (Å²) in [5.74, 6) is -4.65. The van der Waals surface area contributed by atoms with Crippen LogP contribution >= 0.6 is 23.2 Å². The molecule has 5 rings (SSSR count). The molecule has 1 unspecified atom stereocenters. The van der Waals surface area contributed by atoms with Crippen LogP contribution in [0.3, 0.4) is 0 Å². The van der Waals surface area contributed by atoms with Gasteiger partial charge in [-0.1, -0.05) is 56.1 Å². The molecule has 0 aromatic heterocycles. The van der Waals surface area contributed by atoms with E-state index in [2.05, 4.69) is 16.0 Å². The average molecular weight is 632 g/mol. The lowest BCUT2D eigenvalue weighted by Crippen LogP contribution is -2.50. The summed E-state index contributed by atoms with van der Waals surface area (Å²) >= 11 is 12.4. The number of methoxy groups -OCH3 is 1. The van der Waals surface area contributed by atoms with Crippen molar-refractivity contribution in [2.24, 2.45) is 11.1 Å². The van der Waals surface area contributed by atoms with E-state index < -0.39 is 58.2 Å². The Labute approximate surface area is 257 Å². The Hall–Kier alpha value is -3.73. The highest BCUT2D eigenvalue weighted by molar-refractivity contribution is 6.31. The lowest BCUT2D eigenvalue weighted by molar-refractivity contribution is -0.122. The zero-order valence-corrected chi connectivity index (χ0v) is 25.3. The molecular weight excluding hydrogens is 601 g/mol. The van der Waals surface area contributed by atoms with Crippen LogP contribution in [0.1, 0.15) is 54.6 Å². The van der Waals surface area contributed by atoms with Crippen LogP contribution in [-0.4, -0.2) is 36.9 Å². The van der Waals surface area contributed by atoms with Gasteiger partial charge in [0.05, 0.1) is 23.9 Å². The number of fused-ring (bicyclic) bond motifs is 2. The first-order chi connectivity index (χ1) is 20.2. The van der Waals surface area contributed by atoms with Crippen molar-refractivity contribution in [1.29, 1.82) is 0 Å². The van der Waals surface area contributed by atoms with E-state index in [9.17, 15) is 14.4 Å². The number of hydrogen-bond acceptors (Lipinski definition) is 5. The third-order valence-electron chi connectivity index (χ3n) is 8.01. The molecule has 226 valence electrons. The molecule has 1 saturated heterocycles. The van der Waals surface area contributed by atoms with Crippen LogP contribution in [-0.2, 0) is 15.0 Å². The van der Waals surface area contributed by atoms with Crippen molar-refractivity contribution in [3.63, 3.8) is 0 Å². The van der Waals surface area contributed by atoms with Crippen molar-refractivity contribution in [1.82, 2.24) is 5.32 Å². The molecule has 2 heterocycles. The van der Waals surface area contributed by atoms with Gasteiger partial charge in [-0.25, -0.2) is 8.78 Å². The van der Waals surface area contributed by atoms with Crippen LogP contribution < -0.4 is 26.4 Å². The molecule has 1 fully saturated rings. The molecule has 2 aliphatic rings. The van der Waals surface area contributed by atoms with E-state index in [4.69, 9.17) is 33.7 Å². The van der Waals surface area contributed by atoms with Crippen molar-refractivity contribution in [2.75, 3.05) is 17.7 Å². The number of anilines is 2. The van der Waals surface area contributed by atoms with Crippen LogP contribution in [0.5, 0.6) is 5.75 Å². The number of rotatable bonds is 6. The number of hydrogen-bond donors (Lipinski definition) is 4. The maximum Gasteiger partial charge on any atom is 0.248 e. The Kier molecular flexibility index (Phi) is 7.91. The number of benzene rings is 3. The van der Waals surface area contributed by atoms with Gasteiger partial charge in [-0.15, -0.1) is 0 Å². The highest BCUT2D eigenvalue weighted by Crippen LogP contribution is 2.58. The maximum absolute atomic E-state index is 16.0. The fraction of sp³-hybridized carbons (Fsp3) is 0.323. The second kappa shape index (κ2) is 11.1. The molecule has 0 bridgehead atoms. The van der Waals surface area contributed by atoms with Gasteiger partial charge in [0.15, 0.2) is 0 Å². The van der Waals surface area contributed by atoms with Crippen LogP contribution in [0.25, 0.3) is 0 Å². The van der Waals surface area contributed by atoms with Gasteiger partial charge in [-0.2, -0.15) is 0 Å². The Bertz CT molecular complexity index is 1660. The molecule has 3 aromatic carbocycles. The van der Waals surface area contributed by atoms with Gasteiger partial charge in [0.25, 0.3) is 0 Å². The second-order valence-electron chi connectivity index (χ2n) is 12.0. The Morgan fingerprint density at radius 1 is 1.12 bits per heavy atom. The number of halogens is 4. The van der Waals surface area contributed by atoms with Crippen molar-refractivity contribution >= 4 is 52.3 Å². The fourth-order valence-corrected chi connectivity index (χ4v) is 6.77. The molecule has 5 N–H and O–H groups in total. The molecular formula is C31H30Cl2F2N4O4. The summed E-state index contributed by atoms with van der Waals surface area (Å²) in [6.45, 7) is 5.84. The molecule has 1 spiro atoms. The first kappa shape index (κ1) is 30.7. The lowest BCUT2D eigenvalue weighted by atomic mass is 9.62. The standard InChI is InChI=1S/C31H30Cl2F2N4O4/c1-30(2,3)13-22-31(24-18(34)11-15(32)12-20(24)38-29(31)42)23(16-6-5-7-17(33)25(16)35)26(39-22)28(41)37-19-9-8-14(27(36)40)10-21(19)43-4/h5-12,22-23,26,39H,13H2,1-4H3,(H2,36,40)(H,37,41)(H,38,42)/t22?,23-,26+,31+/m0/s1. The van der Waals surface area contributed by atoms with E-state index in [0.29, 0.717) is 6.42 Å². The maximum atomic E-state index is 16.0. The van der Waals surface area contributed by atoms with E-state index >= 15 is 8.78 Å². The molecule has 3 aromatic rings. The highest BCUT2D eigenvalue weighted by Gasteiger charge is 2.67. The van der Waals surface area contributed by atoms with Gasteiger partial charge in [-0.3, -0.25) is 14.4 Å². The molecule has 3 amide bonds. The SMILES string of the molecule is COc1cc(C(N)=O)ccc1NC(=O)[C@@H]1NC(CC(C)(C)C)[C@@]2(C(=O)Nc3cc(Cl)cc(F)c32)[C@H]1c1cccc(Cl)c1F. The third-order valence-corrected chi connectivity index (χ3v) is 8.52. The van der Waals surface area contributed by atoms with Gasteiger partial charge in [0, 0.05) is 33.8 Å². The molecule has 12 heteroatoms. The third kappa shape index (κ3) is 5.21. The van der Waals surface area contributed by atoms with Crippen LogP contribution in [0.2, 0.25) is 10.0 Å². The minimum atomic E-state index is -1.77. The van der Waals surface area contributed by atoms with Gasteiger partial charge >= 0.3 is 0 Å². The summed E-state index contributed by atoms with van der Waals surface area (Å²) in [4.78, 5) is 40.1. The summed E-state index contributed by atoms with van der Waals surface area (Å²) < 4.78 is 37.3. The van der Waals surface area contributed by atoms with Crippen LogP contribution in [0.15, 0.2) is 48.5 Å². The average Bonchev–Trinajstić information content (AvgIpc) is 3.39. The molecule has 0 saturated carbocycles. The van der Waals surface area contributed by atoms with E-state index in [0.717, 1.165) is 6.07 Å².